The zero-order valence-electron chi connectivity index (χ0n) is 10.9. The number of halogens is 5. The zero-order valence-corrected chi connectivity index (χ0v) is 12.6. The van der Waals surface area contributed by atoms with Gasteiger partial charge in [-0.25, -0.2) is 0 Å². The molecule has 0 aromatic heterocycles. The van der Waals surface area contributed by atoms with Crippen LogP contribution in [0.5, 0.6) is 0 Å². The third-order valence-corrected chi connectivity index (χ3v) is 4.65. The molecule has 0 aliphatic heterocycles. The third-order valence-electron chi connectivity index (χ3n) is 2.15. The lowest BCUT2D eigenvalue weighted by molar-refractivity contribution is 0.364. The molecule has 1 rings (SSSR count). The minimum absolute atomic E-state index is 0.160. The molecular formula is C11H14F5NOS2. The van der Waals surface area contributed by atoms with E-state index in [2.05, 4.69) is 4.40 Å². The fourth-order valence-corrected chi connectivity index (χ4v) is 2.26. The molecule has 0 heterocycles. The summed E-state index contributed by atoms with van der Waals surface area (Å²) in [6.07, 6.45) is 1.09. The number of hydrogen-bond acceptors (Lipinski definition) is 2. The predicted octanol–water partition coefficient (Wildman–Crippen LogP) is 5.23. The van der Waals surface area contributed by atoms with Crippen LogP contribution in [0.3, 0.4) is 0 Å². The third kappa shape index (κ3) is 4.95. The number of hydrogen-bond donors (Lipinski definition) is 0. The SMILES string of the molecule is CC(C)(C)[S+]([O-])N=Cc1ccc(S(F)(F)(F)(F)F)cc1. The van der Waals surface area contributed by atoms with Gasteiger partial charge in [-0.2, -0.15) is 0 Å². The zero-order chi connectivity index (χ0) is 15.9. The second kappa shape index (κ2) is 4.35. The van der Waals surface area contributed by atoms with Gasteiger partial charge in [-0.15, -0.1) is 0 Å². The van der Waals surface area contributed by atoms with Crippen LogP contribution in [0.4, 0.5) is 19.4 Å². The number of nitrogens with zero attached hydrogens (tertiary/aromatic N) is 1. The first-order valence-corrected chi connectivity index (χ1v) is 8.46. The van der Waals surface area contributed by atoms with Gasteiger partial charge in [0.1, 0.15) is 21.0 Å². The summed E-state index contributed by atoms with van der Waals surface area (Å²) in [5.74, 6) is 0. The Morgan fingerprint density at radius 1 is 1.05 bits per heavy atom. The number of rotatable bonds is 3. The van der Waals surface area contributed by atoms with Crippen molar-refractivity contribution in [1.29, 1.82) is 0 Å². The van der Waals surface area contributed by atoms with Gasteiger partial charge in [-0.3, -0.25) is 0 Å². The molecule has 1 aromatic rings. The lowest BCUT2D eigenvalue weighted by Crippen LogP contribution is -2.25. The van der Waals surface area contributed by atoms with E-state index in [-0.39, 0.29) is 5.56 Å². The molecule has 0 amide bonds. The molecule has 0 bridgehead atoms. The monoisotopic (exact) mass is 335 g/mol. The topological polar surface area (TPSA) is 35.4 Å². The van der Waals surface area contributed by atoms with Crippen LogP contribution in [0.25, 0.3) is 0 Å². The molecule has 0 saturated heterocycles. The van der Waals surface area contributed by atoms with Crippen LogP contribution in [-0.2, 0) is 11.4 Å². The van der Waals surface area contributed by atoms with Crippen molar-refractivity contribution in [3.05, 3.63) is 29.8 Å². The summed E-state index contributed by atoms with van der Waals surface area (Å²) in [5.41, 5.74) is 0.160. The Labute approximate surface area is 117 Å². The quantitative estimate of drug-likeness (QED) is 0.423. The van der Waals surface area contributed by atoms with E-state index in [1.165, 1.54) is 0 Å². The van der Waals surface area contributed by atoms with Crippen LogP contribution < -0.4 is 0 Å². The summed E-state index contributed by atoms with van der Waals surface area (Å²) in [5, 5.41) is 0. The Balaban J connectivity index is 2.98. The fraction of sp³-hybridized carbons (Fsp3) is 0.364. The van der Waals surface area contributed by atoms with Crippen molar-refractivity contribution in [3.63, 3.8) is 0 Å². The minimum atomic E-state index is -9.64. The van der Waals surface area contributed by atoms with Gasteiger partial charge in [0.2, 0.25) is 0 Å². The Hall–Kier alpha value is -0.800. The van der Waals surface area contributed by atoms with E-state index in [0.29, 0.717) is 12.1 Å². The van der Waals surface area contributed by atoms with Gasteiger partial charge in [0.15, 0.2) is 0 Å². The minimum Gasteiger partial charge on any atom is -0.591 e. The Bertz CT molecular complexity index is 518. The van der Waals surface area contributed by atoms with Crippen molar-refractivity contribution in [2.24, 2.45) is 4.40 Å². The summed E-state index contributed by atoms with van der Waals surface area (Å²) < 4.78 is 77.0. The summed E-state index contributed by atoms with van der Waals surface area (Å²) in [7, 11) is -9.64. The lowest BCUT2D eigenvalue weighted by Gasteiger charge is -2.40. The van der Waals surface area contributed by atoms with Crippen molar-refractivity contribution >= 4 is 27.8 Å². The van der Waals surface area contributed by atoms with Crippen LogP contribution in [0.1, 0.15) is 26.3 Å². The van der Waals surface area contributed by atoms with E-state index in [1.807, 2.05) is 0 Å². The lowest BCUT2D eigenvalue weighted by atomic mass is 10.2. The average molecular weight is 335 g/mol. The van der Waals surface area contributed by atoms with E-state index < -0.39 is 31.2 Å². The van der Waals surface area contributed by atoms with Gasteiger partial charge in [0, 0.05) is 0 Å². The molecule has 2 nitrogen and oxygen atoms in total. The van der Waals surface area contributed by atoms with E-state index in [0.717, 1.165) is 18.3 Å². The van der Waals surface area contributed by atoms with Crippen molar-refractivity contribution in [1.82, 2.24) is 0 Å². The van der Waals surface area contributed by atoms with E-state index in [1.54, 1.807) is 20.8 Å². The largest absolute Gasteiger partial charge is 0.591 e. The highest BCUT2D eigenvalue weighted by molar-refractivity contribution is 8.45. The second-order valence-corrected chi connectivity index (χ2v) is 9.48. The van der Waals surface area contributed by atoms with Gasteiger partial charge in [-0.1, -0.05) is 36.0 Å². The molecule has 0 aliphatic rings. The molecule has 20 heavy (non-hydrogen) atoms. The van der Waals surface area contributed by atoms with Gasteiger partial charge in [-0.05, 0) is 38.5 Å². The van der Waals surface area contributed by atoms with Crippen molar-refractivity contribution in [2.45, 2.75) is 30.4 Å². The molecule has 9 heteroatoms. The summed E-state index contributed by atoms with van der Waals surface area (Å²) >= 11 is -1.57. The van der Waals surface area contributed by atoms with Crippen LogP contribution >= 0.6 is 10.2 Å². The van der Waals surface area contributed by atoms with Gasteiger partial charge in [0.05, 0.1) is 6.21 Å². The first kappa shape index (κ1) is 17.3. The van der Waals surface area contributed by atoms with Crippen LogP contribution in [0.15, 0.2) is 33.6 Å². The molecule has 0 spiro atoms. The summed E-state index contributed by atoms with van der Waals surface area (Å²) in [6.45, 7) is 5.03. The molecule has 0 saturated carbocycles. The van der Waals surface area contributed by atoms with Crippen LogP contribution in [0.2, 0.25) is 0 Å². The Morgan fingerprint density at radius 3 is 1.85 bits per heavy atom. The van der Waals surface area contributed by atoms with Gasteiger partial charge < -0.3 is 4.55 Å². The van der Waals surface area contributed by atoms with Crippen molar-refractivity contribution in [3.8, 4) is 0 Å². The van der Waals surface area contributed by atoms with E-state index in [4.69, 9.17) is 0 Å². The van der Waals surface area contributed by atoms with Crippen molar-refractivity contribution in [2.75, 3.05) is 0 Å². The van der Waals surface area contributed by atoms with Crippen LogP contribution in [-0.4, -0.2) is 15.5 Å². The molecule has 116 valence electrons. The number of benzene rings is 1. The molecular weight excluding hydrogens is 321 g/mol. The maximum absolute atomic E-state index is 12.5. The predicted molar refractivity (Wildman–Crippen MR) is 73.3 cm³/mol. The normalized spacial score (nSPS) is 18.6. The summed E-state index contributed by atoms with van der Waals surface area (Å²) in [4.78, 5) is -1.96. The highest BCUT2D eigenvalue weighted by Gasteiger charge is 2.65. The average Bonchev–Trinajstić information content (AvgIpc) is 2.22. The molecule has 1 atom stereocenters. The molecule has 1 aromatic carbocycles. The molecule has 0 fully saturated rings. The van der Waals surface area contributed by atoms with Gasteiger partial charge in [0.25, 0.3) is 0 Å². The highest BCUT2D eigenvalue weighted by atomic mass is 32.5. The van der Waals surface area contributed by atoms with Gasteiger partial charge >= 0.3 is 10.2 Å². The standard InChI is InChI=1S/C11H14F5NOS2/c1-11(2,3)19(18)17-8-9-4-6-10(7-5-9)20(12,13,14,15)16/h4-8H,1-3H3. The molecule has 0 aliphatic carbocycles. The maximum atomic E-state index is 12.5. The molecule has 0 N–H and O–H groups in total. The first-order valence-electron chi connectivity index (χ1n) is 5.40. The maximum Gasteiger partial charge on any atom is 0.310 e. The Morgan fingerprint density at radius 2 is 1.50 bits per heavy atom. The smallest absolute Gasteiger partial charge is 0.310 e. The molecule has 1 unspecified atom stereocenters. The highest BCUT2D eigenvalue weighted by Crippen LogP contribution is 3.02. The molecule has 0 radical (unpaired) electrons. The van der Waals surface area contributed by atoms with Crippen LogP contribution in [0, 0.1) is 0 Å². The second-order valence-electron chi connectivity index (χ2n) is 5.13. The van der Waals surface area contributed by atoms with E-state index >= 15 is 0 Å². The Kier molecular flexibility index (Phi) is 3.75. The summed E-state index contributed by atoms with van der Waals surface area (Å²) in [6, 6.07) is 2.30. The fourth-order valence-electron chi connectivity index (χ4n) is 1.08. The van der Waals surface area contributed by atoms with E-state index in [9.17, 15) is 24.0 Å². The van der Waals surface area contributed by atoms with Crippen molar-refractivity contribution < 1.29 is 24.0 Å². The first-order chi connectivity index (χ1) is 8.59.